The number of rotatable bonds is 3. The SMILES string of the molecule is CC1(c2ccc(Cl)cc2)CC(C)(C)N(C(=O)CN2CCOCC2)c2ccccc21. The zero-order chi connectivity index (χ0) is 20.6. The highest BCUT2D eigenvalue weighted by Crippen LogP contribution is 2.50. The highest BCUT2D eigenvalue weighted by Gasteiger charge is 2.47. The quantitative estimate of drug-likeness (QED) is 0.744. The summed E-state index contributed by atoms with van der Waals surface area (Å²) in [6.45, 7) is 10.1. The van der Waals surface area contributed by atoms with E-state index in [-0.39, 0.29) is 16.9 Å². The maximum Gasteiger partial charge on any atom is 0.241 e. The van der Waals surface area contributed by atoms with Crippen LogP contribution in [-0.2, 0) is 14.9 Å². The van der Waals surface area contributed by atoms with Gasteiger partial charge in [-0.05, 0) is 49.6 Å². The normalized spacial score (nSPS) is 24.2. The van der Waals surface area contributed by atoms with Crippen molar-refractivity contribution in [1.82, 2.24) is 4.90 Å². The van der Waals surface area contributed by atoms with Crippen LogP contribution in [0.25, 0.3) is 0 Å². The van der Waals surface area contributed by atoms with E-state index >= 15 is 0 Å². The van der Waals surface area contributed by atoms with Crippen molar-refractivity contribution in [2.45, 2.75) is 38.1 Å². The van der Waals surface area contributed by atoms with Crippen LogP contribution < -0.4 is 4.90 Å². The van der Waals surface area contributed by atoms with Crippen LogP contribution in [0.2, 0.25) is 5.02 Å². The van der Waals surface area contributed by atoms with Crippen molar-refractivity contribution in [2.75, 3.05) is 37.7 Å². The topological polar surface area (TPSA) is 32.8 Å². The minimum Gasteiger partial charge on any atom is -0.379 e. The molecule has 4 rings (SSSR count). The predicted octanol–water partition coefficient (Wildman–Crippen LogP) is 4.49. The molecule has 0 aromatic heterocycles. The molecule has 154 valence electrons. The molecule has 0 radical (unpaired) electrons. The Hall–Kier alpha value is -1.88. The van der Waals surface area contributed by atoms with Crippen LogP contribution in [0.1, 0.15) is 38.3 Å². The molecule has 1 atom stereocenters. The molecule has 5 heteroatoms. The van der Waals surface area contributed by atoms with Gasteiger partial charge in [0.1, 0.15) is 0 Å². The number of fused-ring (bicyclic) bond motifs is 1. The largest absolute Gasteiger partial charge is 0.379 e. The number of ether oxygens (including phenoxy) is 1. The van der Waals surface area contributed by atoms with E-state index in [1.54, 1.807) is 0 Å². The lowest BCUT2D eigenvalue weighted by atomic mass is 9.65. The van der Waals surface area contributed by atoms with E-state index in [4.69, 9.17) is 16.3 Å². The Balaban J connectivity index is 1.73. The van der Waals surface area contributed by atoms with Crippen LogP contribution in [0.3, 0.4) is 0 Å². The Bertz CT molecular complexity index is 890. The molecule has 0 saturated carbocycles. The predicted molar refractivity (Wildman–Crippen MR) is 118 cm³/mol. The molecule has 0 aliphatic carbocycles. The number of carbonyl (C=O) groups is 1. The van der Waals surface area contributed by atoms with Crippen molar-refractivity contribution in [2.24, 2.45) is 0 Å². The highest BCUT2D eigenvalue weighted by molar-refractivity contribution is 6.30. The first-order chi connectivity index (χ1) is 13.8. The third-order valence-corrected chi connectivity index (χ3v) is 6.58. The first kappa shape index (κ1) is 20.4. The smallest absolute Gasteiger partial charge is 0.241 e. The van der Waals surface area contributed by atoms with Gasteiger partial charge in [-0.15, -0.1) is 0 Å². The number of amides is 1. The second-order valence-electron chi connectivity index (χ2n) is 8.96. The van der Waals surface area contributed by atoms with Crippen molar-refractivity contribution in [3.05, 3.63) is 64.7 Å². The minimum atomic E-state index is -0.313. The number of para-hydroxylation sites is 1. The molecule has 1 saturated heterocycles. The first-order valence-corrected chi connectivity index (χ1v) is 10.7. The lowest BCUT2D eigenvalue weighted by Crippen LogP contribution is -2.58. The zero-order valence-electron chi connectivity index (χ0n) is 17.5. The lowest BCUT2D eigenvalue weighted by molar-refractivity contribution is -0.122. The number of morpholine rings is 1. The first-order valence-electron chi connectivity index (χ1n) is 10.3. The number of nitrogens with zero attached hydrogens (tertiary/aromatic N) is 2. The van der Waals surface area contributed by atoms with Crippen LogP contribution in [-0.4, -0.2) is 49.2 Å². The number of anilines is 1. The van der Waals surface area contributed by atoms with Gasteiger partial charge in [0, 0.05) is 34.8 Å². The third kappa shape index (κ3) is 3.81. The molecule has 2 aliphatic heterocycles. The van der Waals surface area contributed by atoms with Crippen LogP contribution in [0, 0.1) is 0 Å². The van der Waals surface area contributed by atoms with Crippen molar-refractivity contribution in [1.29, 1.82) is 0 Å². The molecule has 2 heterocycles. The second kappa shape index (κ2) is 7.75. The molecule has 0 bridgehead atoms. The summed E-state index contributed by atoms with van der Waals surface area (Å²) in [7, 11) is 0. The van der Waals surface area contributed by atoms with Crippen LogP contribution in [0.4, 0.5) is 5.69 Å². The van der Waals surface area contributed by atoms with Crippen molar-refractivity contribution in [3.8, 4) is 0 Å². The number of benzene rings is 2. The van der Waals surface area contributed by atoms with Gasteiger partial charge in [-0.2, -0.15) is 0 Å². The third-order valence-electron chi connectivity index (χ3n) is 6.32. The molecule has 0 N–H and O–H groups in total. The number of hydrogen-bond donors (Lipinski definition) is 0. The number of halogens is 1. The molecule has 1 unspecified atom stereocenters. The zero-order valence-corrected chi connectivity index (χ0v) is 18.2. The summed E-state index contributed by atoms with van der Waals surface area (Å²) in [5, 5.41) is 0.739. The van der Waals surface area contributed by atoms with Gasteiger partial charge >= 0.3 is 0 Å². The molecule has 29 heavy (non-hydrogen) atoms. The molecule has 4 nitrogen and oxygen atoms in total. The second-order valence-corrected chi connectivity index (χ2v) is 9.40. The number of hydrogen-bond acceptors (Lipinski definition) is 3. The van der Waals surface area contributed by atoms with Crippen LogP contribution in [0.15, 0.2) is 48.5 Å². The Morgan fingerprint density at radius 1 is 1.03 bits per heavy atom. The average Bonchev–Trinajstić information content (AvgIpc) is 2.68. The molecule has 2 aliphatic rings. The number of carbonyl (C=O) groups excluding carboxylic acids is 1. The summed E-state index contributed by atoms with van der Waals surface area (Å²) in [6.07, 6.45) is 0.841. The molecule has 1 amide bonds. The highest BCUT2D eigenvalue weighted by atomic mass is 35.5. The molecule has 1 fully saturated rings. The van der Waals surface area contributed by atoms with Gasteiger partial charge in [0.25, 0.3) is 0 Å². The molecular weight excluding hydrogens is 384 g/mol. The molecule has 2 aromatic rings. The van der Waals surface area contributed by atoms with Crippen molar-refractivity contribution >= 4 is 23.2 Å². The Morgan fingerprint density at radius 3 is 2.38 bits per heavy atom. The molecular formula is C24H29ClN2O2. The summed E-state index contributed by atoms with van der Waals surface area (Å²) in [5.41, 5.74) is 2.92. The van der Waals surface area contributed by atoms with E-state index in [9.17, 15) is 4.79 Å². The molecule has 0 spiro atoms. The van der Waals surface area contributed by atoms with Crippen LogP contribution in [0.5, 0.6) is 0 Å². The fourth-order valence-electron chi connectivity index (χ4n) is 5.07. The van der Waals surface area contributed by atoms with Gasteiger partial charge in [0.05, 0.1) is 19.8 Å². The average molecular weight is 413 g/mol. The van der Waals surface area contributed by atoms with E-state index in [0.29, 0.717) is 19.8 Å². The van der Waals surface area contributed by atoms with Gasteiger partial charge in [0.2, 0.25) is 5.91 Å². The van der Waals surface area contributed by atoms with E-state index in [2.05, 4.69) is 56.0 Å². The van der Waals surface area contributed by atoms with E-state index in [1.807, 2.05) is 23.1 Å². The fraction of sp³-hybridized carbons (Fsp3) is 0.458. The summed E-state index contributed by atoms with van der Waals surface area (Å²) >= 11 is 6.14. The van der Waals surface area contributed by atoms with Crippen molar-refractivity contribution < 1.29 is 9.53 Å². The van der Waals surface area contributed by atoms with E-state index in [1.165, 1.54) is 11.1 Å². The fourth-order valence-corrected chi connectivity index (χ4v) is 5.20. The van der Waals surface area contributed by atoms with Gasteiger partial charge in [-0.3, -0.25) is 9.69 Å². The Kier molecular flexibility index (Phi) is 5.45. The van der Waals surface area contributed by atoms with Crippen LogP contribution >= 0.6 is 11.6 Å². The lowest BCUT2D eigenvalue weighted by Gasteiger charge is -2.51. The summed E-state index contributed by atoms with van der Waals surface area (Å²) in [5.74, 6) is 0.155. The van der Waals surface area contributed by atoms with Gasteiger partial charge in [0.15, 0.2) is 0 Å². The standard InChI is InChI=1S/C24H29ClN2O2/c1-23(2)17-24(3,18-8-10-19(25)11-9-18)20-6-4-5-7-21(20)27(23)22(28)16-26-12-14-29-15-13-26/h4-11H,12-17H2,1-3H3. The maximum atomic E-state index is 13.5. The molecule has 2 aromatic carbocycles. The Morgan fingerprint density at radius 2 is 1.69 bits per heavy atom. The minimum absolute atomic E-state index is 0.155. The van der Waals surface area contributed by atoms with E-state index < -0.39 is 0 Å². The summed E-state index contributed by atoms with van der Waals surface area (Å²) < 4.78 is 5.43. The van der Waals surface area contributed by atoms with Gasteiger partial charge in [-0.25, -0.2) is 0 Å². The Labute approximate surface area is 178 Å². The monoisotopic (exact) mass is 412 g/mol. The summed E-state index contributed by atoms with van der Waals surface area (Å²) in [6, 6.07) is 16.5. The van der Waals surface area contributed by atoms with Gasteiger partial charge < -0.3 is 9.64 Å². The van der Waals surface area contributed by atoms with E-state index in [0.717, 1.165) is 30.2 Å². The van der Waals surface area contributed by atoms with Crippen molar-refractivity contribution in [3.63, 3.8) is 0 Å². The maximum absolute atomic E-state index is 13.5. The summed E-state index contributed by atoms with van der Waals surface area (Å²) in [4.78, 5) is 17.7. The van der Waals surface area contributed by atoms with Gasteiger partial charge in [-0.1, -0.05) is 48.9 Å².